The minimum Gasteiger partial charge on any atom is -0.493 e. The average molecular weight is 422 g/mol. The molecule has 0 aliphatic carbocycles. The highest BCUT2D eigenvalue weighted by Gasteiger charge is 2.27. The number of carbonyl (C=O) groups is 1. The van der Waals surface area contributed by atoms with Crippen LogP contribution in [0.1, 0.15) is 12.5 Å². The van der Waals surface area contributed by atoms with Crippen LogP contribution in [-0.4, -0.2) is 53.0 Å². The third-order valence-electron chi connectivity index (χ3n) is 4.09. The number of rotatable bonds is 10. The van der Waals surface area contributed by atoms with Gasteiger partial charge in [0.15, 0.2) is 11.5 Å². The van der Waals surface area contributed by atoms with Gasteiger partial charge in [0.05, 0.1) is 19.4 Å². The molecule has 0 saturated heterocycles. The van der Waals surface area contributed by atoms with E-state index in [4.69, 9.17) is 9.47 Å². The molecule has 0 atom stereocenters. The highest BCUT2D eigenvalue weighted by molar-refractivity contribution is 7.90. The van der Waals surface area contributed by atoms with Gasteiger partial charge in [0.1, 0.15) is 6.54 Å². The van der Waals surface area contributed by atoms with E-state index >= 15 is 0 Å². The number of amides is 1. The normalized spacial score (nSPS) is 11.2. The highest BCUT2D eigenvalue weighted by atomic mass is 32.2. The van der Waals surface area contributed by atoms with Crippen LogP contribution in [0.4, 0.5) is 5.69 Å². The molecule has 29 heavy (non-hydrogen) atoms. The van der Waals surface area contributed by atoms with Gasteiger partial charge in [-0.15, -0.1) is 0 Å². The van der Waals surface area contributed by atoms with Crippen molar-refractivity contribution < 1.29 is 22.7 Å². The average Bonchev–Trinajstić information content (AvgIpc) is 2.71. The Kier molecular flexibility index (Phi) is 7.86. The smallest absolute Gasteiger partial charge is 0.304 e. The van der Waals surface area contributed by atoms with Crippen LogP contribution in [-0.2, 0) is 21.5 Å². The molecule has 2 aromatic carbocycles. The van der Waals surface area contributed by atoms with Crippen molar-refractivity contribution in [1.29, 1.82) is 0 Å². The monoisotopic (exact) mass is 421 g/mol. The van der Waals surface area contributed by atoms with E-state index in [9.17, 15) is 13.2 Å². The molecule has 0 spiro atoms. The van der Waals surface area contributed by atoms with Gasteiger partial charge in [-0.05, 0) is 36.8 Å². The second-order valence-corrected chi connectivity index (χ2v) is 8.39. The van der Waals surface area contributed by atoms with Gasteiger partial charge < -0.3 is 14.8 Å². The van der Waals surface area contributed by atoms with Crippen LogP contribution in [0.25, 0.3) is 0 Å². The van der Waals surface area contributed by atoms with Gasteiger partial charge in [0.25, 0.3) is 0 Å². The number of methoxy groups -OCH3 is 1. The molecular formula is C20H27N3O5S. The number of ether oxygens (including phenoxy) is 2. The van der Waals surface area contributed by atoms with Crippen molar-refractivity contribution in [3.8, 4) is 11.5 Å². The molecule has 8 nitrogen and oxygen atoms in total. The van der Waals surface area contributed by atoms with E-state index in [2.05, 4.69) is 5.32 Å². The molecule has 0 fully saturated rings. The van der Waals surface area contributed by atoms with Crippen LogP contribution >= 0.6 is 0 Å². The molecule has 1 amide bonds. The summed E-state index contributed by atoms with van der Waals surface area (Å²) in [5.74, 6) is 0.769. The number of carbonyl (C=O) groups excluding carboxylic acids is 1. The summed E-state index contributed by atoms with van der Waals surface area (Å²) in [5.41, 5.74) is 1.23. The molecule has 0 saturated carbocycles. The molecule has 0 unspecified atom stereocenters. The Morgan fingerprint density at radius 2 is 1.76 bits per heavy atom. The van der Waals surface area contributed by atoms with E-state index in [1.165, 1.54) is 14.1 Å². The first-order valence-corrected chi connectivity index (χ1v) is 10.5. The Bertz CT molecular complexity index is 917. The predicted octanol–water partition coefficient (Wildman–Crippen LogP) is 2.02. The van der Waals surface area contributed by atoms with Crippen molar-refractivity contribution in [2.75, 3.05) is 38.7 Å². The lowest BCUT2D eigenvalue weighted by molar-refractivity contribution is -0.119. The van der Waals surface area contributed by atoms with E-state index in [-0.39, 0.29) is 13.1 Å². The molecule has 0 bridgehead atoms. The molecule has 158 valence electrons. The van der Waals surface area contributed by atoms with Crippen LogP contribution < -0.4 is 19.1 Å². The number of nitrogens with one attached hydrogen (secondary N) is 1. The molecule has 0 heterocycles. The maximum atomic E-state index is 12.7. The summed E-state index contributed by atoms with van der Waals surface area (Å²) >= 11 is 0. The van der Waals surface area contributed by atoms with Crippen LogP contribution in [0.5, 0.6) is 11.5 Å². The van der Waals surface area contributed by atoms with Crippen LogP contribution in [0.3, 0.4) is 0 Å². The van der Waals surface area contributed by atoms with E-state index in [0.717, 1.165) is 14.2 Å². The summed E-state index contributed by atoms with van der Waals surface area (Å²) in [7, 11) is 0.587. The first-order valence-electron chi connectivity index (χ1n) is 9.11. The van der Waals surface area contributed by atoms with Gasteiger partial charge in [-0.25, -0.2) is 4.31 Å². The van der Waals surface area contributed by atoms with Crippen LogP contribution in [0.2, 0.25) is 0 Å². The molecule has 0 aliphatic heterocycles. The molecule has 1 N–H and O–H groups in total. The number of para-hydroxylation sites is 1. The number of nitrogens with zero attached hydrogens (tertiary/aromatic N) is 2. The van der Waals surface area contributed by atoms with Crippen LogP contribution in [0, 0.1) is 0 Å². The van der Waals surface area contributed by atoms with E-state index in [1.54, 1.807) is 49.6 Å². The number of anilines is 1. The summed E-state index contributed by atoms with van der Waals surface area (Å²) < 4.78 is 38.3. The highest BCUT2D eigenvalue weighted by Crippen LogP contribution is 2.28. The van der Waals surface area contributed by atoms with Gasteiger partial charge in [0, 0.05) is 20.6 Å². The number of hydrogen-bond acceptors (Lipinski definition) is 5. The Morgan fingerprint density at radius 1 is 1.07 bits per heavy atom. The fraction of sp³-hybridized carbons (Fsp3) is 0.350. The number of hydrogen-bond donors (Lipinski definition) is 1. The second-order valence-electron chi connectivity index (χ2n) is 6.33. The minimum absolute atomic E-state index is 0.230. The Balaban J connectivity index is 2.12. The van der Waals surface area contributed by atoms with Gasteiger partial charge in [-0.2, -0.15) is 12.7 Å². The first-order chi connectivity index (χ1) is 13.8. The molecule has 2 rings (SSSR count). The van der Waals surface area contributed by atoms with E-state index in [0.29, 0.717) is 23.8 Å². The number of benzene rings is 2. The van der Waals surface area contributed by atoms with Gasteiger partial charge in [0.2, 0.25) is 5.91 Å². The van der Waals surface area contributed by atoms with E-state index in [1.807, 2.05) is 13.0 Å². The summed E-state index contributed by atoms with van der Waals surface area (Å²) in [6, 6.07) is 13.9. The largest absolute Gasteiger partial charge is 0.493 e. The lowest BCUT2D eigenvalue weighted by atomic mass is 10.2. The molecule has 2 aromatic rings. The summed E-state index contributed by atoms with van der Waals surface area (Å²) in [5, 5.41) is 2.76. The molecular weight excluding hydrogens is 394 g/mol. The zero-order chi connectivity index (χ0) is 21.4. The van der Waals surface area contributed by atoms with E-state index < -0.39 is 16.1 Å². The lowest BCUT2D eigenvalue weighted by Gasteiger charge is -2.26. The molecule has 9 heteroatoms. The fourth-order valence-corrected chi connectivity index (χ4v) is 3.65. The standard InChI is InChI=1S/C20H27N3O5S/c1-5-28-19-13-16(11-12-18(19)27-4)14-21-20(24)15-23(29(25,26)22(2)3)17-9-7-6-8-10-17/h6-13H,5,14-15H2,1-4H3,(H,21,24). The van der Waals surface area contributed by atoms with Gasteiger partial charge in [-0.3, -0.25) is 4.79 Å². The second kappa shape index (κ2) is 10.1. The van der Waals surface area contributed by atoms with Crippen molar-refractivity contribution in [3.63, 3.8) is 0 Å². The third-order valence-corrected chi connectivity index (χ3v) is 5.91. The van der Waals surface area contributed by atoms with Crippen LogP contribution in [0.15, 0.2) is 48.5 Å². The SMILES string of the molecule is CCOc1cc(CNC(=O)CN(c2ccccc2)S(=O)(=O)N(C)C)ccc1OC. The zero-order valence-corrected chi connectivity index (χ0v) is 17.9. The maximum Gasteiger partial charge on any atom is 0.304 e. The fourth-order valence-electron chi connectivity index (χ4n) is 2.58. The molecule has 0 aliphatic rings. The zero-order valence-electron chi connectivity index (χ0n) is 17.1. The summed E-state index contributed by atoms with van der Waals surface area (Å²) in [6.45, 7) is 2.25. The minimum atomic E-state index is -3.82. The summed E-state index contributed by atoms with van der Waals surface area (Å²) in [4.78, 5) is 12.5. The summed E-state index contributed by atoms with van der Waals surface area (Å²) in [6.07, 6.45) is 0. The van der Waals surface area contributed by atoms with Gasteiger partial charge in [-0.1, -0.05) is 24.3 Å². The van der Waals surface area contributed by atoms with Crippen molar-refractivity contribution in [2.45, 2.75) is 13.5 Å². The van der Waals surface area contributed by atoms with Crippen molar-refractivity contribution in [3.05, 3.63) is 54.1 Å². The molecule has 0 radical (unpaired) electrons. The third kappa shape index (κ3) is 5.85. The first kappa shape index (κ1) is 22.5. The van der Waals surface area contributed by atoms with Crippen molar-refractivity contribution in [1.82, 2.24) is 9.62 Å². The maximum absolute atomic E-state index is 12.7. The Morgan fingerprint density at radius 3 is 2.34 bits per heavy atom. The van der Waals surface area contributed by atoms with Gasteiger partial charge >= 0.3 is 10.2 Å². The lowest BCUT2D eigenvalue weighted by Crippen LogP contribution is -2.45. The Labute approximate surface area is 172 Å². The van der Waals surface area contributed by atoms with Crippen molar-refractivity contribution in [2.24, 2.45) is 0 Å². The topological polar surface area (TPSA) is 88.2 Å². The Hall–Kier alpha value is -2.78. The quantitative estimate of drug-likeness (QED) is 0.634. The predicted molar refractivity (Wildman–Crippen MR) is 112 cm³/mol. The molecule has 0 aromatic heterocycles. The van der Waals surface area contributed by atoms with Crippen molar-refractivity contribution >= 4 is 21.8 Å².